The summed E-state index contributed by atoms with van der Waals surface area (Å²) in [6.45, 7) is 7.07. The molecular formula is C40H39Cl2NO4. The molecule has 0 saturated carbocycles. The highest BCUT2D eigenvalue weighted by Gasteiger charge is 2.27. The van der Waals surface area contributed by atoms with Crippen LogP contribution in [0.2, 0.25) is 10.0 Å². The van der Waals surface area contributed by atoms with Gasteiger partial charge >= 0.3 is 6.09 Å². The van der Waals surface area contributed by atoms with Gasteiger partial charge in [0, 0.05) is 19.0 Å². The first kappa shape index (κ1) is 33.9. The lowest BCUT2D eigenvalue weighted by atomic mass is 9.90. The van der Waals surface area contributed by atoms with Gasteiger partial charge in [-0.05, 0) is 72.9 Å². The van der Waals surface area contributed by atoms with Crippen molar-refractivity contribution in [3.05, 3.63) is 165 Å². The Morgan fingerprint density at radius 1 is 0.638 bits per heavy atom. The van der Waals surface area contributed by atoms with Crippen LogP contribution in [0.4, 0.5) is 4.79 Å². The van der Waals surface area contributed by atoms with Crippen LogP contribution in [0.25, 0.3) is 0 Å². The van der Waals surface area contributed by atoms with Crippen molar-refractivity contribution in [3.63, 3.8) is 0 Å². The van der Waals surface area contributed by atoms with Crippen LogP contribution in [-0.4, -0.2) is 23.1 Å². The summed E-state index contributed by atoms with van der Waals surface area (Å²) in [5, 5.41) is 0.952. The topological polar surface area (TPSA) is 48.0 Å². The van der Waals surface area contributed by atoms with E-state index in [1.807, 2.05) is 148 Å². The summed E-state index contributed by atoms with van der Waals surface area (Å²) in [6.07, 6.45) is -0.408. The number of hydrogen-bond acceptors (Lipinski definition) is 4. The molecule has 0 spiro atoms. The molecule has 7 heteroatoms. The molecule has 242 valence electrons. The normalized spacial score (nSPS) is 11.3. The minimum absolute atomic E-state index is 0.299. The molecule has 5 nitrogen and oxygen atoms in total. The van der Waals surface area contributed by atoms with Crippen LogP contribution in [-0.2, 0) is 24.5 Å². The first-order chi connectivity index (χ1) is 22.6. The van der Waals surface area contributed by atoms with E-state index < -0.39 is 11.7 Å². The highest BCUT2D eigenvalue weighted by atomic mass is 35.5. The second-order valence-corrected chi connectivity index (χ2v) is 13.1. The number of nitrogens with zero attached hydrogens (tertiary/aromatic N) is 1. The van der Waals surface area contributed by atoms with Crippen LogP contribution >= 0.6 is 23.2 Å². The fourth-order valence-electron chi connectivity index (χ4n) is 5.13. The zero-order valence-corrected chi connectivity index (χ0v) is 28.4. The summed E-state index contributed by atoms with van der Waals surface area (Å²) >= 11 is 13.6. The lowest BCUT2D eigenvalue weighted by Crippen LogP contribution is -2.39. The van der Waals surface area contributed by atoms with Gasteiger partial charge in [-0.15, -0.1) is 0 Å². The van der Waals surface area contributed by atoms with Crippen LogP contribution in [0, 0.1) is 0 Å². The number of hydrogen-bond donors (Lipinski definition) is 0. The quantitative estimate of drug-likeness (QED) is 0.133. The van der Waals surface area contributed by atoms with E-state index in [0.717, 1.165) is 27.8 Å². The third-order valence-electron chi connectivity index (χ3n) is 7.46. The summed E-state index contributed by atoms with van der Waals surface area (Å²) < 4.78 is 18.0. The summed E-state index contributed by atoms with van der Waals surface area (Å²) in [7, 11) is 0. The van der Waals surface area contributed by atoms with E-state index in [4.69, 9.17) is 37.4 Å². The Balaban J connectivity index is 1.46. The first-order valence-electron chi connectivity index (χ1n) is 15.6. The van der Waals surface area contributed by atoms with E-state index in [0.29, 0.717) is 47.8 Å². The molecule has 0 aromatic heterocycles. The highest BCUT2D eigenvalue weighted by Crippen LogP contribution is 2.36. The van der Waals surface area contributed by atoms with Gasteiger partial charge in [0.2, 0.25) is 0 Å². The van der Waals surface area contributed by atoms with Crippen LogP contribution in [0.1, 0.15) is 54.5 Å². The zero-order chi connectivity index (χ0) is 33.2. The summed E-state index contributed by atoms with van der Waals surface area (Å²) in [5.74, 6) is 0.857. The molecule has 0 N–H and O–H groups in total. The largest absolute Gasteiger partial charge is 0.487 e. The minimum Gasteiger partial charge on any atom is -0.487 e. The molecule has 0 aliphatic rings. The Morgan fingerprint density at radius 3 is 1.47 bits per heavy atom. The van der Waals surface area contributed by atoms with Crippen molar-refractivity contribution in [2.24, 2.45) is 0 Å². The standard InChI is InChI=1S/C40H39Cl2NO4/c1-40(2,3)47-39(44)43(25-29-13-7-4-8-14-29)26-34(32-19-21-37(35(41)23-32)45-27-30-15-9-5-10-16-30)33-20-22-38(36(42)24-33)46-28-31-17-11-6-12-18-31/h4-24,34H,25-28H2,1-3H3. The monoisotopic (exact) mass is 667 g/mol. The molecule has 0 aliphatic carbocycles. The number of ether oxygens (including phenoxy) is 3. The predicted molar refractivity (Wildman–Crippen MR) is 189 cm³/mol. The molecule has 0 unspecified atom stereocenters. The molecule has 0 saturated heterocycles. The Kier molecular flexibility index (Phi) is 11.5. The van der Waals surface area contributed by atoms with Gasteiger partial charge in [0.05, 0.1) is 10.0 Å². The third kappa shape index (κ3) is 10.0. The van der Waals surface area contributed by atoms with Crippen molar-refractivity contribution in [1.29, 1.82) is 0 Å². The molecule has 5 rings (SSSR count). The Morgan fingerprint density at radius 2 is 1.06 bits per heavy atom. The maximum atomic E-state index is 13.7. The van der Waals surface area contributed by atoms with Crippen LogP contribution in [0.5, 0.6) is 11.5 Å². The molecule has 0 radical (unpaired) electrons. The van der Waals surface area contributed by atoms with E-state index in [1.54, 1.807) is 4.90 Å². The molecule has 0 atom stereocenters. The number of carbonyl (C=O) groups is 1. The van der Waals surface area contributed by atoms with Gasteiger partial charge in [-0.25, -0.2) is 4.79 Å². The number of carbonyl (C=O) groups excluding carboxylic acids is 1. The molecule has 5 aromatic rings. The highest BCUT2D eigenvalue weighted by molar-refractivity contribution is 6.32. The SMILES string of the molecule is CC(C)(C)OC(=O)N(Cc1ccccc1)CC(c1ccc(OCc2ccccc2)c(Cl)c1)c1ccc(OCc2ccccc2)c(Cl)c1. The zero-order valence-electron chi connectivity index (χ0n) is 26.9. The molecule has 0 bridgehead atoms. The van der Waals surface area contributed by atoms with Crippen molar-refractivity contribution in [3.8, 4) is 11.5 Å². The summed E-state index contributed by atoms with van der Waals surface area (Å²) in [6, 6.07) is 41.3. The molecule has 0 aliphatic heterocycles. The van der Waals surface area contributed by atoms with Crippen molar-refractivity contribution < 1.29 is 19.0 Å². The van der Waals surface area contributed by atoms with E-state index >= 15 is 0 Å². The summed E-state index contributed by atoms with van der Waals surface area (Å²) in [4.78, 5) is 15.4. The first-order valence-corrected chi connectivity index (χ1v) is 16.3. The van der Waals surface area contributed by atoms with Gasteiger partial charge in [0.1, 0.15) is 30.3 Å². The van der Waals surface area contributed by atoms with Crippen molar-refractivity contribution in [2.75, 3.05) is 6.54 Å². The minimum atomic E-state index is -0.663. The molecular weight excluding hydrogens is 629 g/mol. The Hall–Kier alpha value is -4.45. The molecule has 5 aromatic carbocycles. The van der Waals surface area contributed by atoms with Crippen molar-refractivity contribution in [2.45, 2.75) is 52.0 Å². The van der Waals surface area contributed by atoms with E-state index in [1.165, 1.54) is 0 Å². The molecule has 47 heavy (non-hydrogen) atoms. The van der Waals surface area contributed by atoms with E-state index in [-0.39, 0.29) is 5.92 Å². The molecule has 1 amide bonds. The molecule has 0 fully saturated rings. The fourth-order valence-corrected chi connectivity index (χ4v) is 5.62. The fraction of sp³-hybridized carbons (Fsp3) is 0.225. The number of benzene rings is 5. The van der Waals surface area contributed by atoms with Crippen molar-refractivity contribution >= 4 is 29.3 Å². The number of amides is 1. The smallest absolute Gasteiger partial charge is 0.410 e. The third-order valence-corrected chi connectivity index (χ3v) is 8.05. The second kappa shape index (κ2) is 15.9. The maximum Gasteiger partial charge on any atom is 0.410 e. The van der Waals surface area contributed by atoms with Gasteiger partial charge in [0.15, 0.2) is 0 Å². The Labute approximate surface area is 287 Å². The molecule has 0 heterocycles. The average Bonchev–Trinajstić information content (AvgIpc) is 3.06. The summed E-state index contributed by atoms with van der Waals surface area (Å²) in [5.41, 5.74) is 4.22. The van der Waals surface area contributed by atoms with Gasteiger partial charge < -0.3 is 19.1 Å². The van der Waals surface area contributed by atoms with Gasteiger partial charge in [-0.2, -0.15) is 0 Å². The Bertz CT molecular complexity index is 1650. The van der Waals surface area contributed by atoms with Crippen LogP contribution < -0.4 is 9.47 Å². The maximum absolute atomic E-state index is 13.7. The van der Waals surface area contributed by atoms with Gasteiger partial charge in [0.25, 0.3) is 0 Å². The van der Waals surface area contributed by atoms with Crippen LogP contribution in [0.15, 0.2) is 127 Å². The van der Waals surface area contributed by atoms with E-state index in [2.05, 4.69) is 0 Å². The predicted octanol–water partition coefficient (Wildman–Crippen LogP) is 10.7. The lowest BCUT2D eigenvalue weighted by molar-refractivity contribution is 0.0227. The number of rotatable bonds is 12. The number of halogens is 2. The second-order valence-electron chi connectivity index (χ2n) is 12.3. The van der Waals surface area contributed by atoms with Crippen LogP contribution in [0.3, 0.4) is 0 Å². The average molecular weight is 669 g/mol. The van der Waals surface area contributed by atoms with Crippen molar-refractivity contribution in [1.82, 2.24) is 4.90 Å². The lowest BCUT2D eigenvalue weighted by Gasteiger charge is -2.31. The van der Waals surface area contributed by atoms with Gasteiger partial charge in [-0.1, -0.05) is 126 Å². The van der Waals surface area contributed by atoms with E-state index in [9.17, 15) is 4.79 Å². The van der Waals surface area contributed by atoms with Gasteiger partial charge in [-0.3, -0.25) is 0 Å².